The molecule has 34 heavy (non-hydrogen) atoms. The molecule has 0 unspecified atom stereocenters. The monoisotopic (exact) mass is 575 g/mol. The Kier molecular flexibility index (Phi) is 8.48. The van der Waals surface area contributed by atoms with Crippen LogP contribution in [-0.4, -0.2) is 58.2 Å². The van der Waals surface area contributed by atoms with Crippen LogP contribution in [0, 0.1) is 13.8 Å². The molecular formula is C24H30IN7O2. The van der Waals surface area contributed by atoms with E-state index in [9.17, 15) is 4.79 Å². The lowest BCUT2D eigenvalue weighted by Crippen LogP contribution is -2.55. The van der Waals surface area contributed by atoms with Gasteiger partial charge in [-0.2, -0.15) is 5.10 Å². The van der Waals surface area contributed by atoms with Crippen molar-refractivity contribution >= 4 is 41.5 Å². The maximum absolute atomic E-state index is 12.7. The molecule has 1 saturated heterocycles. The lowest BCUT2D eigenvalue weighted by molar-refractivity contribution is -0.120. The molecule has 1 amide bonds. The average molecular weight is 575 g/mol. The Labute approximate surface area is 216 Å². The Bertz CT molecular complexity index is 1180. The summed E-state index contributed by atoms with van der Waals surface area (Å²) in [7, 11) is 3.56. The molecule has 9 nitrogen and oxygen atoms in total. The Morgan fingerprint density at radius 3 is 2.68 bits per heavy atom. The first kappa shape index (κ1) is 25.5. The fourth-order valence-corrected chi connectivity index (χ4v) is 3.70. The van der Waals surface area contributed by atoms with Gasteiger partial charge in [-0.3, -0.25) is 14.5 Å². The van der Waals surface area contributed by atoms with Gasteiger partial charge in [-0.1, -0.05) is 6.07 Å². The fourth-order valence-electron chi connectivity index (χ4n) is 3.70. The molecule has 2 aromatic heterocycles. The van der Waals surface area contributed by atoms with Crippen LogP contribution in [0.25, 0.3) is 0 Å². The molecule has 1 aliphatic heterocycles. The van der Waals surface area contributed by atoms with E-state index in [4.69, 9.17) is 4.74 Å². The summed E-state index contributed by atoms with van der Waals surface area (Å²) in [5.74, 6) is 2.00. The molecule has 3 heterocycles. The normalized spacial score (nSPS) is 14.1. The van der Waals surface area contributed by atoms with E-state index < -0.39 is 0 Å². The number of ether oxygens (including phenoxy) is 1. The van der Waals surface area contributed by atoms with Gasteiger partial charge in [-0.05, 0) is 48.7 Å². The number of pyridine rings is 1. The van der Waals surface area contributed by atoms with Crippen LogP contribution in [0.15, 0.2) is 53.9 Å². The summed E-state index contributed by atoms with van der Waals surface area (Å²) >= 11 is 0. The second-order valence-electron chi connectivity index (χ2n) is 8.09. The van der Waals surface area contributed by atoms with E-state index in [0.29, 0.717) is 31.5 Å². The SMILES string of the molecule is CN=C(NCc1ccnc(Oc2ccc(C)c(C)c2)c1)N1CCN(c2cnn(C)c2)C(=O)C1.I. The minimum atomic E-state index is 0. The fraction of sp³-hybridized carbons (Fsp3) is 0.333. The second kappa shape index (κ2) is 11.3. The van der Waals surface area contributed by atoms with Crippen LogP contribution in [-0.2, 0) is 18.4 Å². The van der Waals surface area contributed by atoms with Crippen LogP contribution < -0.4 is 15.0 Å². The molecule has 1 aliphatic rings. The molecule has 180 valence electrons. The van der Waals surface area contributed by atoms with Gasteiger partial charge in [-0.25, -0.2) is 4.98 Å². The van der Waals surface area contributed by atoms with Crippen molar-refractivity contribution in [3.63, 3.8) is 0 Å². The average Bonchev–Trinajstić information content (AvgIpc) is 3.23. The summed E-state index contributed by atoms with van der Waals surface area (Å²) in [4.78, 5) is 25.1. The number of carbonyl (C=O) groups excluding carboxylic acids is 1. The molecule has 1 fully saturated rings. The molecular weight excluding hydrogens is 545 g/mol. The number of aromatic nitrogens is 3. The number of benzene rings is 1. The lowest BCUT2D eigenvalue weighted by Gasteiger charge is -2.35. The number of anilines is 1. The molecule has 4 rings (SSSR count). The minimum absolute atomic E-state index is 0. The van der Waals surface area contributed by atoms with E-state index in [1.807, 2.05) is 48.5 Å². The topological polar surface area (TPSA) is 87.9 Å². The molecule has 0 aliphatic carbocycles. The number of halogens is 1. The Morgan fingerprint density at radius 2 is 2.00 bits per heavy atom. The first-order chi connectivity index (χ1) is 15.9. The van der Waals surface area contributed by atoms with Crippen molar-refractivity contribution in [3.8, 4) is 11.6 Å². The first-order valence-corrected chi connectivity index (χ1v) is 10.9. The quantitative estimate of drug-likeness (QED) is 0.286. The highest BCUT2D eigenvalue weighted by Crippen LogP contribution is 2.23. The molecule has 3 aromatic rings. The van der Waals surface area contributed by atoms with Crippen molar-refractivity contribution in [2.75, 3.05) is 31.6 Å². The number of hydrogen-bond donors (Lipinski definition) is 1. The first-order valence-electron chi connectivity index (χ1n) is 10.9. The highest BCUT2D eigenvalue weighted by molar-refractivity contribution is 14.0. The van der Waals surface area contributed by atoms with Crippen LogP contribution in [0.3, 0.4) is 0 Å². The molecule has 10 heteroatoms. The number of amides is 1. The number of hydrogen-bond acceptors (Lipinski definition) is 5. The zero-order chi connectivity index (χ0) is 23.4. The van der Waals surface area contributed by atoms with Crippen molar-refractivity contribution in [2.24, 2.45) is 12.0 Å². The summed E-state index contributed by atoms with van der Waals surface area (Å²) in [6.07, 6.45) is 5.29. The van der Waals surface area contributed by atoms with Gasteiger partial charge in [-0.15, -0.1) is 24.0 Å². The minimum Gasteiger partial charge on any atom is -0.439 e. The standard InChI is InChI=1S/C24H29N7O2.HI/c1-17-5-6-21(11-18(17)2)33-22-12-19(7-8-26-22)13-27-24(25-3)30-9-10-31(23(32)16-30)20-14-28-29(4)15-20;/h5-8,11-12,14-15H,9-10,13,16H2,1-4H3,(H,25,27);1H. The highest BCUT2D eigenvalue weighted by atomic mass is 127. The van der Waals surface area contributed by atoms with Gasteiger partial charge in [0.15, 0.2) is 5.96 Å². The molecule has 0 saturated carbocycles. The Balaban J connectivity index is 0.00000324. The van der Waals surface area contributed by atoms with E-state index in [2.05, 4.69) is 34.2 Å². The van der Waals surface area contributed by atoms with Crippen LogP contribution in [0.4, 0.5) is 5.69 Å². The van der Waals surface area contributed by atoms with Crippen molar-refractivity contribution in [1.29, 1.82) is 0 Å². The van der Waals surface area contributed by atoms with E-state index in [0.717, 1.165) is 17.0 Å². The van der Waals surface area contributed by atoms with Gasteiger partial charge in [0.05, 0.1) is 11.9 Å². The molecule has 1 N–H and O–H groups in total. The zero-order valence-electron chi connectivity index (χ0n) is 19.9. The summed E-state index contributed by atoms with van der Waals surface area (Å²) in [6, 6.07) is 9.82. The number of rotatable bonds is 5. The number of aryl methyl sites for hydroxylation is 3. The summed E-state index contributed by atoms with van der Waals surface area (Å²) in [6.45, 7) is 6.18. The largest absolute Gasteiger partial charge is 0.439 e. The van der Waals surface area contributed by atoms with Gasteiger partial charge in [0, 0.05) is 52.2 Å². The van der Waals surface area contributed by atoms with E-state index in [1.165, 1.54) is 11.1 Å². The second-order valence-corrected chi connectivity index (χ2v) is 8.09. The molecule has 0 spiro atoms. The van der Waals surface area contributed by atoms with Gasteiger partial charge >= 0.3 is 0 Å². The Morgan fingerprint density at radius 1 is 1.18 bits per heavy atom. The highest BCUT2D eigenvalue weighted by Gasteiger charge is 2.27. The van der Waals surface area contributed by atoms with Crippen LogP contribution in [0.5, 0.6) is 11.6 Å². The predicted octanol–water partition coefficient (Wildman–Crippen LogP) is 3.27. The third kappa shape index (κ3) is 6.04. The number of guanidine groups is 1. The molecule has 0 radical (unpaired) electrons. The maximum atomic E-state index is 12.7. The van der Waals surface area contributed by atoms with Crippen LogP contribution in [0.1, 0.15) is 16.7 Å². The van der Waals surface area contributed by atoms with E-state index in [1.54, 1.807) is 29.0 Å². The number of aliphatic imine (C=N–C) groups is 1. The Hall–Kier alpha value is -3.15. The number of nitrogens with zero attached hydrogens (tertiary/aromatic N) is 6. The molecule has 0 bridgehead atoms. The third-order valence-electron chi connectivity index (χ3n) is 5.69. The van der Waals surface area contributed by atoms with Crippen molar-refractivity contribution in [3.05, 3.63) is 65.6 Å². The van der Waals surface area contributed by atoms with Gasteiger partial charge in [0.2, 0.25) is 11.8 Å². The number of piperazine rings is 1. The summed E-state index contributed by atoms with van der Waals surface area (Å²) in [5, 5.41) is 7.51. The van der Waals surface area contributed by atoms with Crippen molar-refractivity contribution < 1.29 is 9.53 Å². The van der Waals surface area contributed by atoms with Crippen LogP contribution >= 0.6 is 24.0 Å². The summed E-state index contributed by atoms with van der Waals surface area (Å²) in [5.41, 5.74) is 4.22. The van der Waals surface area contributed by atoms with Crippen LogP contribution in [0.2, 0.25) is 0 Å². The number of carbonyl (C=O) groups is 1. The predicted molar refractivity (Wildman–Crippen MR) is 143 cm³/mol. The molecule has 1 aromatic carbocycles. The van der Waals surface area contributed by atoms with E-state index in [-0.39, 0.29) is 36.4 Å². The third-order valence-corrected chi connectivity index (χ3v) is 5.69. The molecule has 0 atom stereocenters. The summed E-state index contributed by atoms with van der Waals surface area (Å²) < 4.78 is 7.63. The van der Waals surface area contributed by atoms with Gasteiger partial charge in [0.25, 0.3) is 0 Å². The van der Waals surface area contributed by atoms with Crippen molar-refractivity contribution in [2.45, 2.75) is 20.4 Å². The smallest absolute Gasteiger partial charge is 0.246 e. The van der Waals surface area contributed by atoms with Crippen molar-refractivity contribution in [1.82, 2.24) is 25.0 Å². The maximum Gasteiger partial charge on any atom is 0.246 e. The lowest BCUT2D eigenvalue weighted by atomic mass is 10.1. The van der Waals surface area contributed by atoms with Gasteiger partial charge in [0.1, 0.15) is 12.3 Å². The van der Waals surface area contributed by atoms with Gasteiger partial charge < -0.3 is 19.9 Å². The zero-order valence-corrected chi connectivity index (χ0v) is 22.2. The number of nitrogens with one attached hydrogen (secondary N) is 1. The van der Waals surface area contributed by atoms with E-state index >= 15 is 0 Å².